The molecule has 0 spiro atoms. The predicted molar refractivity (Wildman–Crippen MR) is 155 cm³/mol. The van der Waals surface area contributed by atoms with Gasteiger partial charge < -0.3 is 23.9 Å². The Morgan fingerprint density at radius 2 is 1.76 bits per heavy atom. The maximum atomic E-state index is 15.6. The summed E-state index contributed by atoms with van der Waals surface area (Å²) in [5.41, 5.74) is 7.16. The van der Waals surface area contributed by atoms with Crippen molar-refractivity contribution < 1.29 is 32.6 Å². The van der Waals surface area contributed by atoms with Crippen molar-refractivity contribution in [3.63, 3.8) is 0 Å². The van der Waals surface area contributed by atoms with Gasteiger partial charge in [0.1, 0.15) is 11.3 Å². The highest BCUT2D eigenvalue weighted by molar-refractivity contribution is 5.86. The molecular weight excluding hydrogens is 542 g/mol. The van der Waals surface area contributed by atoms with Crippen molar-refractivity contribution in [2.45, 2.75) is 79.2 Å². The molecule has 0 saturated heterocycles. The Balaban J connectivity index is 1.57. The van der Waals surface area contributed by atoms with Crippen LogP contribution < -0.4 is 9.64 Å². The fourth-order valence-corrected chi connectivity index (χ4v) is 6.36. The van der Waals surface area contributed by atoms with Crippen molar-refractivity contribution in [2.24, 2.45) is 0 Å². The molecule has 220 valence electrons. The van der Waals surface area contributed by atoms with Crippen LogP contribution in [-0.2, 0) is 29.0 Å². The lowest BCUT2D eigenvalue weighted by Crippen LogP contribution is -2.29. The molecule has 42 heavy (non-hydrogen) atoms. The lowest BCUT2D eigenvalue weighted by molar-refractivity contribution is -0.160. The van der Waals surface area contributed by atoms with Crippen LogP contribution in [-0.4, -0.2) is 28.3 Å². The number of rotatable bonds is 5. The van der Waals surface area contributed by atoms with Crippen molar-refractivity contribution in [1.29, 1.82) is 0 Å². The summed E-state index contributed by atoms with van der Waals surface area (Å²) >= 11 is 0. The third kappa shape index (κ3) is 4.69. The summed E-state index contributed by atoms with van der Waals surface area (Å²) in [5.74, 6) is -1.70. The molecule has 0 saturated carbocycles. The monoisotopic (exact) mass is 576 g/mol. The molecule has 0 radical (unpaired) electrons. The normalized spacial score (nSPS) is 15.5. The fourth-order valence-electron chi connectivity index (χ4n) is 6.36. The van der Waals surface area contributed by atoms with Crippen LogP contribution in [0.15, 0.2) is 28.7 Å². The minimum atomic E-state index is -1.29. The van der Waals surface area contributed by atoms with E-state index in [0.717, 1.165) is 39.8 Å². The molecule has 9 heteroatoms. The Labute approximate surface area is 243 Å². The van der Waals surface area contributed by atoms with Crippen molar-refractivity contribution >= 4 is 23.1 Å². The van der Waals surface area contributed by atoms with Crippen LogP contribution in [0, 0.1) is 32.4 Å². The minimum absolute atomic E-state index is 0.277. The van der Waals surface area contributed by atoms with Crippen LogP contribution in [0.1, 0.15) is 72.2 Å². The van der Waals surface area contributed by atoms with Crippen LogP contribution in [0.25, 0.3) is 22.2 Å². The Bertz CT molecular complexity index is 1750. The molecule has 4 aromatic rings. The second-order valence-electron chi connectivity index (χ2n) is 12.2. The minimum Gasteiger partial charge on any atom is -0.490 e. The highest BCUT2D eigenvalue weighted by Gasteiger charge is 2.37. The van der Waals surface area contributed by atoms with E-state index in [2.05, 4.69) is 4.98 Å². The van der Waals surface area contributed by atoms with E-state index >= 15 is 4.39 Å². The lowest BCUT2D eigenvalue weighted by Gasteiger charge is -2.31. The molecule has 0 aliphatic carbocycles. The van der Waals surface area contributed by atoms with Gasteiger partial charge in [-0.25, -0.2) is 13.6 Å². The van der Waals surface area contributed by atoms with Gasteiger partial charge in [0, 0.05) is 30.3 Å². The quantitative estimate of drug-likeness (QED) is 0.264. The Morgan fingerprint density at radius 3 is 2.45 bits per heavy atom. The number of carbonyl (C=O) groups is 1. The summed E-state index contributed by atoms with van der Waals surface area (Å²) in [5, 5.41) is 10.5. The number of carboxylic acid groups (broad SMARTS) is 1. The van der Waals surface area contributed by atoms with E-state index in [4.69, 9.17) is 13.9 Å². The fraction of sp³-hybridized carbons (Fsp3) is 0.394. The maximum Gasteiger partial charge on any atom is 0.337 e. The highest BCUT2D eigenvalue weighted by atomic mass is 19.1. The van der Waals surface area contributed by atoms with E-state index in [-0.39, 0.29) is 5.75 Å². The van der Waals surface area contributed by atoms with Crippen LogP contribution in [0.4, 0.5) is 14.8 Å². The van der Waals surface area contributed by atoms with Gasteiger partial charge in [0.15, 0.2) is 23.3 Å². The number of ether oxygens (including phenoxy) is 2. The van der Waals surface area contributed by atoms with E-state index < -0.39 is 29.3 Å². The van der Waals surface area contributed by atoms with Gasteiger partial charge in [-0.05, 0) is 112 Å². The molecule has 0 unspecified atom stereocenters. The van der Waals surface area contributed by atoms with E-state index in [9.17, 15) is 14.3 Å². The smallest absolute Gasteiger partial charge is 0.337 e. The maximum absolute atomic E-state index is 15.6. The molecule has 0 bridgehead atoms. The molecule has 1 N–H and O–H groups in total. The number of hydrogen-bond donors (Lipinski definition) is 1. The number of aliphatic carboxylic acids is 1. The van der Waals surface area contributed by atoms with Gasteiger partial charge in [0.25, 0.3) is 6.01 Å². The summed E-state index contributed by atoms with van der Waals surface area (Å²) in [6.45, 7) is 12.6. The summed E-state index contributed by atoms with van der Waals surface area (Å²) in [6.07, 6.45) is 0.164. The molecule has 2 aliphatic rings. The predicted octanol–water partition coefficient (Wildman–Crippen LogP) is 7.48. The molecule has 3 aromatic carbocycles. The average molecular weight is 577 g/mol. The van der Waals surface area contributed by atoms with Crippen LogP contribution in [0.2, 0.25) is 0 Å². The largest absolute Gasteiger partial charge is 0.490 e. The second-order valence-corrected chi connectivity index (χ2v) is 12.2. The van der Waals surface area contributed by atoms with Gasteiger partial charge in [0.05, 0.1) is 12.2 Å². The number of benzene rings is 3. The molecule has 1 atom stereocenters. The Kier molecular flexibility index (Phi) is 6.76. The van der Waals surface area contributed by atoms with Gasteiger partial charge in [0.2, 0.25) is 0 Å². The zero-order chi connectivity index (χ0) is 30.1. The van der Waals surface area contributed by atoms with Gasteiger partial charge in [-0.3, -0.25) is 0 Å². The first-order chi connectivity index (χ1) is 19.8. The molecule has 7 nitrogen and oxygen atoms in total. The van der Waals surface area contributed by atoms with E-state index in [1.807, 2.05) is 46.4 Å². The van der Waals surface area contributed by atoms with Crippen LogP contribution in [0.3, 0.4) is 0 Å². The molecule has 0 amide bonds. The SMILES string of the molecule is Cc1c(-c2c(C)c3c(c(C)c2[C@H](OC(C)(C)C)C(=O)O)CN(c2nc4cc(F)ccc4o2)C3)cc(F)c2c1CCCO2. The highest BCUT2D eigenvalue weighted by Crippen LogP contribution is 2.47. The molecule has 0 fully saturated rings. The third-order valence-electron chi connectivity index (χ3n) is 8.29. The number of oxazole rings is 1. The van der Waals surface area contributed by atoms with Crippen molar-refractivity contribution in [2.75, 3.05) is 11.5 Å². The Morgan fingerprint density at radius 1 is 1.05 bits per heavy atom. The number of anilines is 1. The standard InChI is InChI=1S/C33H34F2N2O5/c1-16-20-8-7-11-40-29(20)24(35)13-21(16)27-17(2)22-14-37(32-36-25-12-19(34)9-10-26(25)41-32)15-23(22)18(3)28(27)30(31(38)39)42-33(4,5)6/h9-10,12-13,30H,7-8,11,14-15H2,1-6H3,(H,38,39)/t30-/m0/s1. The van der Waals surface area contributed by atoms with Crippen molar-refractivity contribution in [3.05, 3.63) is 74.8 Å². The molecular formula is C33H34F2N2O5. The third-order valence-corrected chi connectivity index (χ3v) is 8.29. The first-order valence-corrected chi connectivity index (χ1v) is 14.2. The number of aromatic nitrogens is 1. The number of nitrogens with zero attached hydrogens (tertiary/aromatic N) is 2. The first kappa shape index (κ1) is 28.2. The number of hydrogen-bond acceptors (Lipinski definition) is 6. The first-order valence-electron chi connectivity index (χ1n) is 14.2. The summed E-state index contributed by atoms with van der Waals surface area (Å²) < 4.78 is 47.2. The summed E-state index contributed by atoms with van der Waals surface area (Å²) in [6, 6.07) is 6.03. The zero-order valence-corrected chi connectivity index (χ0v) is 24.7. The number of carboxylic acids is 1. The van der Waals surface area contributed by atoms with Crippen LogP contribution in [0.5, 0.6) is 5.75 Å². The zero-order valence-electron chi connectivity index (χ0n) is 24.7. The summed E-state index contributed by atoms with van der Waals surface area (Å²) in [7, 11) is 0. The number of fused-ring (bicyclic) bond motifs is 3. The Hall–Kier alpha value is -3.98. The van der Waals surface area contributed by atoms with Crippen molar-refractivity contribution in [3.8, 4) is 16.9 Å². The van der Waals surface area contributed by atoms with Gasteiger partial charge in [-0.2, -0.15) is 4.98 Å². The molecule has 3 heterocycles. The summed E-state index contributed by atoms with van der Waals surface area (Å²) in [4.78, 5) is 19.3. The second kappa shape index (κ2) is 10.1. The van der Waals surface area contributed by atoms with Gasteiger partial charge >= 0.3 is 5.97 Å². The molecule has 1 aromatic heterocycles. The van der Waals surface area contributed by atoms with Gasteiger partial charge in [-0.15, -0.1) is 0 Å². The average Bonchev–Trinajstić information content (AvgIpc) is 3.56. The molecule has 2 aliphatic heterocycles. The van der Waals surface area contributed by atoms with Crippen LogP contribution >= 0.6 is 0 Å². The van der Waals surface area contributed by atoms with Gasteiger partial charge in [-0.1, -0.05) is 0 Å². The molecule has 6 rings (SSSR count). The van der Waals surface area contributed by atoms with Crippen molar-refractivity contribution in [1.82, 2.24) is 4.98 Å². The van der Waals surface area contributed by atoms with E-state index in [0.29, 0.717) is 59.9 Å². The van der Waals surface area contributed by atoms with E-state index in [1.165, 1.54) is 18.2 Å². The topological polar surface area (TPSA) is 85.0 Å². The lowest BCUT2D eigenvalue weighted by atomic mass is 9.81. The number of halogens is 2. The van der Waals surface area contributed by atoms with E-state index in [1.54, 1.807) is 6.07 Å².